The monoisotopic (exact) mass is 168 g/mol. The van der Waals surface area contributed by atoms with E-state index in [1.165, 1.54) is 0 Å². The summed E-state index contributed by atoms with van der Waals surface area (Å²) in [6, 6.07) is 0. The molecule has 12 heavy (non-hydrogen) atoms. The van der Waals surface area contributed by atoms with Crippen molar-refractivity contribution in [3.8, 4) is 0 Å². The van der Waals surface area contributed by atoms with Gasteiger partial charge in [0, 0.05) is 11.8 Å². The molecule has 4 atom stereocenters. The summed E-state index contributed by atoms with van der Waals surface area (Å²) in [5.41, 5.74) is 0. The summed E-state index contributed by atoms with van der Waals surface area (Å²) in [5.74, 6) is 0.931. The van der Waals surface area contributed by atoms with Crippen LogP contribution < -0.4 is 0 Å². The Labute approximate surface area is 73.3 Å². The summed E-state index contributed by atoms with van der Waals surface area (Å²) >= 11 is 0. The number of rotatable bonds is 3. The van der Waals surface area contributed by atoms with Gasteiger partial charge in [-0.15, -0.1) is 0 Å². The Morgan fingerprint density at radius 1 is 1.33 bits per heavy atom. The van der Waals surface area contributed by atoms with Crippen molar-refractivity contribution < 1.29 is 9.59 Å². The lowest BCUT2D eigenvalue weighted by molar-refractivity contribution is -0.116. The van der Waals surface area contributed by atoms with Crippen LogP contribution in [0.2, 0.25) is 0 Å². The molecule has 0 saturated heterocycles. The first-order valence-corrected chi connectivity index (χ1v) is 4.61. The van der Waals surface area contributed by atoms with Gasteiger partial charge in [0.1, 0.15) is 12.6 Å². The van der Waals surface area contributed by atoms with Gasteiger partial charge in [0.25, 0.3) is 0 Å². The van der Waals surface area contributed by atoms with Gasteiger partial charge in [0.15, 0.2) is 0 Å². The molecular formula is C10H16O2. The highest BCUT2D eigenvalue weighted by atomic mass is 16.1. The van der Waals surface area contributed by atoms with E-state index in [1.54, 1.807) is 0 Å². The van der Waals surface area contributed by atoms with Crippen LogP contribution in [0.4, 0.5) is 0 Å². The van der Waals surface area contributed by atoms with Crippen molar-refractivity contribution >= 4 is 12.6 Å². The van der Waals surface area contributed by atoms with Crippen molar-refractivity contribution in [2.75, 3.05) is 0 Å². The highest BCUT2D eigenvalue weighted by molar-refractivity contribution is 5.59. The molecule has 0 spiro atoms. The van der Waals surface area contributed by atoms with Crippen molar-refractivity contribution in [2.45, 2.75) is 26.7 Å². The van der Waals surface area contributed by atoms with E-state index in [9.17, 15) is 9.59 Å². The maximum Gasteiger partial charge on any atom is 0.123 e. The highest BCUT2D eigenvalue weighted by Crippen LogP contribution is 2.39. The Balaban J connectivity index is 2.65. The molecule has 0 aromatic heterocycles. The third-order valence-corrected chi connectivity index (χ3v) is 3.15. The lowest BCUT2D eigenvalue weighted by atomic mass is 9.84. The Morgan fingerprint density at radius 3 is 2.50 bits per heavy atom. The molecular weight excluding hydrogens is 152 g/mol. The Morgan fingerprint density at radius 2 is 2.00 bits per heavy atom. The first kappa shape index (κ1) is 9.43. The minimum absolute atomic E-state index is 0.0464. The molecule has 1 fully saturated rings. The molecule has 2 nitrogen and oxygen atoms in total. The maximum atomic E-state index is 10.7. The van der Waals surface area contributed by atoms with Crippen molar-refractivity contribution in [2.24, 2.45) is 23.7 Å². The summed E-state index contributed by atoms with van der Waals surface area (Å²) in [5, 5.41) is 0. The molecule has 0 aliphatic heterocycles. The van der Waals surface area contributed by atoms with Crippen LogP contribution in [0.1, 0.15) is 26.7 Å². The van der Waals surface area contributed by atoms with Gasteiger partial charge < -0.3 is 9.59 Å². The van der Waals surface area contributed by atoms with Gasteiger partial charge in [0.2, 0.25) is 0 Å². The van der Waals surface area contributed by atoms with E-state index in [4.69, 9.17) is 0 Å². The number of carbonyl (C=O) groups is 2. The molecule has 0 heterocycles. The third kappa shape index (κ3) is 1.57. The van der Waals surface area contributed by atoms with Crippen molar-refractivity contribution in [3.05, 3.63) is 0 Å². The van der Waals surface area contributed by atoms with Crippen LogP contribution in [0.3, 0.4) is 0 Å². The van der Waals surface area contributed by atoms with Crippen LogP contribution in [0.5, 0.6) is 0 Å². The summed E-state index contributed by atoms with van der Waals surface area (Å²) in [6.07, 6.45) is 4.12. The second-order valence-electron chi connectivity index (χ2n) is 3.93. The average molecular weight is 168 g/mol. The molecule has 0 unspecified atom stereocenters. The van der Waals surface area contributed by atoms with Crippen molar-refractivity contribution in [3.63, 3.8) is 0 Å². The van der Waals surface area contributed by atoms with Crippen LogP contribution in [0.15, 0.2) is 0 Å². The Bertz CT molecular complexity index is 177. The predicted octanol–water partition coefficient (Wildman–Crippen LogP) is 1.68. The lowest BCUT2D eigenvalue weighted by Gasteiger charge is -2.19. The molecule has 0 aromatic carbocycles. The number of hydrogen-bond donors (Lipinski definition) is 0. The van der Waals surface area contributed by atoms with E-state index in [0.717, 1.165) is 25.4 Å². The van der Waals surface area contributed by atoms with Gasteiger partial charge in [-0.25, -0.2) is 0 Å². The van der Waals surface area contributed by atoms with E-state index in [2.05, 4.69) is 6.92 Å². The molecule has 0 amide bonds. The van der Waals surface area contributed by atoms with E-state index < -0.39 is 0 Å². The second-order valence-corrected chi connectivity index (χ2v) is 3.93. The van der Waals surface area contributed by atoms with Crippen molar-refractivity contribution in [1.29, 1.82) is 0 Å². The fourth-order valence-electron chi connectivity index (χ4n) is 2.21. The normalized spacial score (nSPS) is 37.7. The molecule has 0 radical (unpaired) electrons. The SMILES string of the molecule is C[C@@H](C=O)[C@H]1CC[C@H](C)[C@H]1C=O. The second kappa shape index (κ2) is 3.83. The van der Waals surface area contributed by atoms with Gasteiger partial charge in [-0.3, -0.25) is 0 Å². The Kier molecular flexibility index (Phi) is 3.01. The van der Waals surface area contributed by atoms with Gasteiger partial charge in [-0.1, -0.05) is 13.8 Å². The fraction of sp³-hybridized carbons (Fsp3) is 0.800. The van der Waals surface area contributed by atoms with Gasteiger partial charge in [-0.2, -0.15) is 0 Å². The zero-order valence-electron chi connectivity index (χ0n) is 7.69. The summed E-state index contributed by atoms with van der Waals surface area (Å²) in [4.78, 5) is 21.3. The minimum atomic E-state index is 0.0464. The first-order valence-electron chi connectivity index (χ1n) is 4.61. The minimum Gasteiger partial charge on any atom is -0.303 e. The molecule has 68 valence electrons. The molecule has 0 N–H and O–H groups in total. The van der Waals surface area contributed by atoms with E-state index >= 15 is 0 Å². The molecule has 0 bridgehead atoms. The molecule has 1 rings (SSSR count). The smallest absolute Gasteiger partial charge is 0.123 e. The zero-order chi connectivity index (χ0) is 9.14. The summed E-state index contributed by atoms with van der Waals surface area (Å²) in [7, 11) is 0. The van der Waals surface area contributed by atoms with Crippen LogP contribution in [0.25, 0.3) is 0 Å². The summed E-state index contributed by atoms with van der Waals surface area (Å²) in [6.45, 7) is 4.00. The van der Waals surface area contributed by atoms with E-state index in [0.29, 0.717) is 11.8 Å². The largest absolute Gasteiger partial charge is 0.303 e. The predicted molar refractivity (Wildman–Crippen MR) is 46.7 cm³/mol. The van der Waals surface area contributed by atoms with Crippen LogP contribution in [-0.4, -0.2) is 12.6 Å². The van der Waals surface area contributed by atoms with Crippen molar-refractivity contribution in [1.82, 2.24) is 0 Å². The van der Waals surface area contributed by atoms with Crippen LogP contribution in [-0.2, 0) is 9.59 Å². The maximum absolute atomic E-state index is 10.7. The molecule has 1 aliphatic carbocycles. The molecule has 1 saturated carbocycles. The number of hydrogen-bond acceptors (Lipinski definition) is 2. The van der Waals surface area contributed by atoms with Gasteiger partial charge in [-0.05, 0) is 24.7 Å². The first-order chi connectivity index (χ1) is 5.70. The number of carbonyl (C=O) groups excluding carboxylic acids is 2. The molecule has 0 aromatic rings. The quantitative estimate of drug-likeness (QED) is 0.601. The van der Waals surface area contributed by atoms with Crippen LogP contribution in [0, 0.1) is 23.7 Å². The molecule has 1 aliphatic rings. The van der Waals surface area contributed by atoms with Gasteiger partial charge >= 0.3 is 0 Å². The standard InChI is InChI=1S/C10H16O2/c1-7-3-4-9(8(2)5-11)10(7)6-12/h5-10H,3-4H2,1-2H3/t7-,8-,9+,10+/m0/s1. The van der Waals surface area contributed by atoms with E-state index in [1.807, 2.05) is 6.92 Å². The Hall–Kier alpha value is -0.660. The average Bonchev–Trinajstić information content (AvgIpc) is 2.45. The van der Waals surface area contributed by atoms with Crippen LogP contribution >= 0.6 is 0 Å². The fourth-order valence-corrected chi connectivity index (χ4v) is 2.21. The highest BCUT2D eigenvalue weighted by Gasteiger charge is 2.35. The lowest BCUT2D eigenvalue weighted by Crippen LogP contribution is -2.21. The molecule has 2 heteroatoms. The topological polar surface area (TPSA) is 34.1 Å². The third-order valence-electron chi connectivity index (χ3n) is 3.15. The zero-order valence-corrected chi connectivity index (χ0v) is 7.69. The van der Waals surface area contributed by atoms with E-state index in [-0.39, 0.29) is 11.8 Å². The number of aldehydes is 2. The summed E-state index contributed by atoms with van der Waals surface area (Å²) < 4.78 is 0. The van der Waals surface area contributed by atoms with Gasteiger partial charge in [0.05, 0.1) is 0 Å².